The molecular formula is C22H26F2N4O. The van der Waals surface area contributed by atoms with Crippen LogP contribution in [0.25, 0.3) is 0 Å². The van der Waals surface area contributed by atoms with Gasteiger partial charge in [-0.1, -0.05) is 12.1 Å². The molecule has 4 aliphatic carbocycles. The molecule has 3 N–H and O–H groups in total. The first-order valence-corrected chi connectivity index (χ1v) is 10.3. The fraction of sp³-hybridized carbons (Fsp3) is 0.545. The van der Waals surface area contributed by atoms with Crippen LogP contribution in [0.15, 0.2) is 35.7 Å². The number of hydrogen-bond acceptors (Lipinski definition) is 4. The maximum atomic E-state index is 15.5. The number of hydrogen-bond donors (Lipinski definition) is 3. The highest BCUT2D eigenvalue weighted by atomic mass is 19.2. The van der Waals surface area contributed by atoms with Crippen molar-refractivity contribution >= 4 is 23.5 Å². The zero-order valence-corrected chi connectivity index (χ0v) is 16.5. The van der Waals surface area contributed by atoms with E-state index in [1.54, 1.807) is 11.9 Å². The number of anilines is 2. The van der Waals surface area contributed by atoms with Gasteiger partial charge in [0.2, 0.25) is 5.91 Å². The Morgan fingerprint density at radius 2 is 1.90 bits per heavy atom. The SMILES string of the molecule is CNC1=C(C=N)CN(C(=O)C23CC4CC(F)(CC(F)(C4)C2)C3)c2ccccc2N1. The zero-order valence-electron chi connectivity index (χ0n) is 16.5. The summed E-state index contributed by atoms with van der Waals surface area (Å²) in [7, 11) is 1.75. The van der Waals surface area contributed by atoms with E-state index in [-0.39, 0.29) is 37.6 Å². The zero-order chi connectivity index (χ0) is 20.4. The Morgan fingerprint density at radius 3 is 2.52 bits per heavy atom. The summed E-state index contributed by atoms with van der Waals surface area (Å²) < 4.78 is 30.9. The van der Waals surface area contributed by atoms with E-state index in [4.69, 9.17) is 5.41 Å². The molecule has 0 aromatic heterocycles. The number of alkyl halides is 2. The molecule has 1 aliphatic heterocycles. The molecule has 29 heavy (non-hydrogen) atoms. The van der Waals surface area contributed by atoms with Gasteiger partial charge in [-0.3, -0.25) is 4.79 Å². The maximum Gasteiger partial charge on any atom is 0.233 e. The molecular weight excluding hydrogens is 374 g/mol. The van der Waals surface area contributed by atoms with Gasteiger partial charge < -0.3 is 20.9 Å². The Balaban J connectivity index is 1.59. The number of carbonyl (C=O) groups is 1. The fourth-order valence-corrected chi connectivity index (χ4v) is 6.62. The minimum absolute atomic E-state index is 0.0702. The normalized spacial score (nSPS) is 37.6. The number of rotatable bonds is 3. The molecule has 5 nitrogen and oxygen atoms in total. The van der Waals surface area contributed by atoms with Crippen LogP contribution in [-0.4, -0.2) is 37.1 Å². The Labute approximate surface area is 169 Å². The summed E-state index contributed by atoms with van der Waals surface area (Å²) in [6, 6.07) is 7.43. The number of carbonyl (C=O) groups excluding carboxylic acids is 1. The Bertz CT molecular complexity index is 911. The minimum Gasteiger partial charge on any atom is -0.374 e. The lowest BCUT2D eigenvalue weighted by Crippen LogP contribution is -2.64. The van der Waals surface area contributed by atoms with Crippen molar-refractivity contribution in [2.24, 2.45) is 11.3 Å². The first kappa shape index (κ1) is 18.6. The first-order chi connectivity index (χ1) is 13.8. The molecule has 2 atom stereocenters. The van der Waals surface area contributed by atoms with E-state index in [1.807, 2.05) is 24.3 Å². The predicted octanol–water partition coefficient (Wildman–Crippen LogP) is 3.93. The molecule has 4 fully saturated rings. The van der Waals surface area contributed by atoms with Crippen molar-refractivity contribution in [1.29, 1.82) is 5.41 Å². The lowest BCUT2D eigenvalue weighted by atomic mass is 9.47. The van der Waals surface area contributed by atoms with Crippen molar-refractivity contribution in [3.63, 3.8) is 0 Å². The average Bonchev–Trinajstić information content (AvgIpc) is 2.81. The number of halogens is 2. The van der Waals surface area contributed by atoms with Gasteiger partial charge in [0.05, 0.1) is 23.3 Å². The number of para-hydroxylation sites is 2. The highest BCUT2D eigenvalue weighted by molar-refractivity contribution is 6.03. The Morgan fingerprint density at radius 1 is 1.21 bits per heavy atom. The molecule has 0 spiro atoms. The summed E-state index contributed by atoms with van der Waals surface area (Å²) in [5.41, 5.74) is -2.14. The average molecular weight is 400 g/mol. The number of benzene rings is 1. The van der Waals surface area contributed by atoms with E-state index in [1.165, 1.54) is 6.21 Å². The summed E-state index contributed by atoms with van der Waals surface area (Å²) in [5, 5.41) is 14.1. The smallest absolute Gasteiger partial charge is 0.233 e. The molecule has 1 aromatic carbocycles. The van der Waals surface area contributed by atoms with Crippen molar-refractivity contribution < 1.29 is 13.6 Å². The van der Waals surface area contributed by atoms with Crippen LogP contribution in [0, 0.1) is 16.7 Å². The van der Waals surface area contributed by atoms with Gasteiger partial charge in [0.1, 0.15) is 17.2 Å². The van der Waals surface area contributed by atoms with Gasteiger partial charge >= 0.3 is 0 Å². The monoisotopic (exact) mass is 400 g/mol. The predicted molar refractivity (Wildman–Crippen MR) is 109 cm³/mol. The van der Waals surface area contributed by atoms with Crippen LogP contribution in [0.1, 0.15) is 38.5 Å². The largest absolute Gasteiger partial charge is 0.374 e. The topological polar surface area (TPSA) is 68.2 Å². The van der Waals surface area contributed by atoms with Crippen LogP contribution in [0.3, 0.4) is 0 Å². The number of fused-ring (bicyclic) bond motifs is 1. The lowest BCUT2D eigenvalue weighted by molar-refractivity contribution is -0.183. The van der Waals surface area contributed by atoms with Gasteiger partial charge in [-0.05, 0) is 50.2 Å². The number of nitrogens with zero attached hydrogens (tertiary/aromatic N) is 1. The van der Waals surface area contributed by atoms with Crippen molar-refractivity contribution in [2.45, 2.75) is 49.9 Å². The van der Waals surface area contributed by atoms with E-state index < -0.39 is 16.8 Å². The summed E-state index contributed by atoms with van der Waals surface area (Å²) in [5.74, 6) is 0.366. The molecule has 1 aromatic rings. The van der Waals surface area contributed by atoms with Crippen molar-refractivity contribution in [3.8, 4) is 0 Å². The summed E-state index contributed by atoms with van der Waals surface area (Å²) >= 11 is 0. The van der Waals surface area contributed by atoms with Gasteiger partial charge in [0.15, 0.2) is 0 Å². The van der Waals surface area contributed by atoms with Crippen molar-refractivity contribution in [3.05, 3.63) is 35.7 Å². The quantitative estimate of drug-likeness (QED) is 0.674. The van der Waals surface area contributed by atoms with Crippen LogP contribution >= 0.6 is 0 Å². The minimum atomic E-state index is -1.58. The second-order valence-corrected chi connectivity index (χ2v) is 9.42. The molecule has 6 rings (SSSR count). The molecule has 1 amide bonds. The molecule has 4 saturated carbocycles. The molecule has 4 bridgehead atoms. The molecule has 154 valence electrons. The third-order valence-corrected chi connectivity index (χ3v) is 7.16. The summed E-state index contributed by atoms with van der Waals surface area (Å²) in [6.07, 6.45) is 2.67. The first-order valence-electron chi connectivity index (χ1n) is 10.3. The van der Waals surface area contributed by atoms with Gasteiger partial charge in [-0.2, -0.15) is 0 Å². The van der Waals surface area contributed by atoms with E-state index >= 15 is 8.78 Å². The van der Waals surface area contributed by atoms with Gasteiger partial charge in [-0.25, -0.2) is 8.78 Å². The van der Waals surface area contributed by atoms with E-state index in [0.717, 1.165) is 5.69 Å². The third kappa shape index (κ3) is 2.77. The highest BCUT2D eigenvalue weighted by Gasteiger charge is 2.67. The van der Waals surface area contributed by atoms with Gasteiger partial charge in [0.25, 0.3) is 0 Å². The van der Waals surface area contributed by atoms with Crippen LogP contribution in [-0.2, 0) is 4.79 Å². The van der Waals surface area contributed by atoms with Gasteiger partial charge in [0, 0.05) is 25.3 Å². The van der Waals surface area contributed by atoms with E-state index in [0.29, 0.717) is 36.3 Å². The molecule has 0 saturated heterocycles. The van der Waals surface area contributed by atoms with E-state index in [9.17, 15) is 4.79 Å². The second kappa shape index (κ2) is 6.03. The van der Waals surface area contributed by atoms with Crippen molar-refractivity contribution in [1.82, 2.24) is 5.32 Å². The molecule has 7 heteroatoms. The molecule has 5 aliphatic rings. The molecule has 2 unspecified atom stereocenters. The number of nitrogens with one attached hydrogen (secondary N) is 3. The third-order valence-electron chi connectivity index (χ3n) is 7.16. The summed E-state index contributed by atoms with van der Waals surface area (Å²) in [6.45, 7) is 0.188. The molecule has 0 radical (unpaired) electrons. The standard InChI is InChI=1S/C22H26F2N4O/c1-26-18-15(9-25)10-28(17-5-3-2-4-16(17)27-18)19(29)20-6-14-7-21(23,11-20)13-22(24,8-14)12-20/h2-5,9,14,25-27H,6-8,10-13H2,1H3. The van der Waals surface area contributed by atoms with E-state index in [2.05, 4.69) is 10.6 Å². The van der Waals surface area contributed by atoms with Crippen LogP contribution in [0.4, 0.5) is 20.2 Å². The Kier molecular flexibility index (Phi) is 3.86. The van der Waals surface area contributed by atoms with Crippen LogP contribution in [0.2, 0.25) is 0 Å². The second-order valence-electron chi connectivity index (χ2n) is 9.42. The lowest BCUT2D eigenvalue weighted by Gasteiger charge is -2.60. The molecule has 1 heterocycles. The number of amides is 1. The highest BCUT2D eigenvalue weighted by Crippen LogP contribution is 2.66. The van der Waals surface area contributed by atoms with Crippen LogP contribution < -0.4 is 15.5 Å². The van der Waals surface area contributed by atoms with Crippen LogP contribution in [0.5, 0.6) is 0 Å². The maximum absolute atomic E-state index is 15.5. The van der Waals surface area contributed by atoms with Gasteiger partial charge in [-0.15, -0.1) is 0 Å². The summed E-state index contributed by atoms with van der Waals surface area (Å²) in [4.78, 5) is 15.6. The fourth-order valence-electron chi connectivity index (χ4n) is 6.62. The Hall–Kier alpha value is -2.44. The van der Waals surface area contributed by atoms with Crippen molar-refractivity contribution in [2.75, 3.05) is 23.8 Å².